The molecular formula is C27H42O6. The molecule has 3 unspecified atom stereocenters. The molecule has 4 N–H and O–H groups in total. The lowest BCUT2D eigenvalue weighted by atomic mass is 9.46. The molecule has 6 nitrogen and oxygen atoms in total. The van der Waals surface area contributed by atoms with Gasteiger partial charge >= 0.3 is 0 Å². The van der Waals surface area contributed by atoms with Crippen molar-refractivity contribution in [3.63, 3.8) is 0 Å². The van der Waals surface area contributed by atoms with Gasteiger partial charge in [-0.05, 0) is 93.6 Å². The van der Waals surface area contributed by atoms with Crippen molar-refractivity contribution in [2.75, 3.05) is 0 Å². The van der Waals surface area contributed by atoms with Crippen molar-refractivity contribution >= 4 is 11.6 Å². The molecule has 0 heterocycles. The molecule has 4 aliphatic carbocycles. The van der Waals surface area contributed by atoms with Crippen LogP contribution in [0.15, 0.2) is 11.6 Å². The van der Waals surface area contributed by atoms with Crippen LogP contribution in [0.3, 0.4) is 0 Å². The van der Waals surface area contributed by atoms with E-state index in [0.29, 0.717) is 19.3 Å². The fourth-order valence-corrected chi connectivity index (χ4v) is 8.12. The molecule has 0 bridgehead atoms. The second-order valence-corrected chi connectivity index (χ2v) is 12.7. The number of hydrogen-bond donors (Lipinski definition) is 4. The third-order valence-corrected chi connectivity index (χ3v) is 10.3. The number of carbonyl (C=O) groups is 2. The van der Waals surface area contributed by atoms with E-state index < -0.39 is 40.2 Å². The zero-order valence-corrected chi connectivity index (χ0v) is 20.8. The lowest BCUT2D eigenvalue weighted by Gasteiger charge is -2.59. The van der Waals surface area contributed by atoms with Gasteiger partial charge < -0.3 is 20.4 Å². The monoisotopic (exact) mass is 462 g/mol. The van der Waals surface area contributed by atoms with Gasteiger partial charge in [-0.2, -0.15) is 0 Å². The van der Waals surface area contributed by atoms with E-state index in [1.54, 1.807) is 19.9 Å². The molecule has 0 saturated heterocycles. The van der Waals surface area contributed by atoms with Crippen LogP contribution in [0.4, 0.5) is 0 Å². The van der Waals surface area contributed by atoms with E-state index in [1.165, 1.54) is 0 Å². The molecule has 0 aliphatic heterocycles. The zero-order valence-electron chi connectivity index (χ0n) is 20.8. The summed E-state index contributed by atoms with van der Waals surface area (Å²) in [7, 11) is 0. The molecule has 0 radical (unpaired) electrons. The van der Waals surface area contributed by atoms with Crippen molar-refractivity contribution in [1.82, 2.24) is 0 Å². The van der Waals surface area contributed by atoms with Crippen LogP contribution >= 0.6 is 0 Å². The van der Waals surface area contributed by atoms with Crippen molar-refractivity contribution in [2.24, 2.45) is 34.5 Å². The average Bonchev–Trinajstić information content (AvgIpc) is 2.99. The predicted molar refractivity (Wildman–Crippen MR) is 124 cm³/mol. The largest absolute Gasteiger partial charge is 0.393 e. The maximum atomic E-state index is 13.2. The minimum absolute atomic E-state index is 0.0322. The Labute approximate surface area is 197 Å². The Morgan fingerprint density at radius 1 is 1.15 bits per heavy atom. The number of aliphatic hydroxyl groups excluding tert-OH is 2. The standard InChI is InChI=1S/C27H42O6/c1-15(20(28)8-9-24(2,3)32)16-7-11-27(33)18-12-21(29)19-13-22(30)23(31)14-25(19,4)17(18)6-10-26(16,27)5/h12,15-17,19-20,23,28,31-33H,6-11,13-14H2,1-5H3/t15-,16?,17?,19-,20+,23?,25+,26+,27+/m0/s1. The second kappa shape index (κ2) is 7.97. The number of rotatable bonds is 5. The van der Waals surface area contributed by atoms with Crippen molar-refractivity contribution < 1.29 is 30.0 Å². The highest BCUT2D eigenvalue weighted by atomic mass is 16.3. The topological polar surface area (TPSA) is 115 Å². The maximum Gasteiger partial charge on any atom is 0.162 e. The first-order chi connectivity index (χ1) is 15.1. The molecule has 9 atom stereocenters. The molecule has 6 heteroatoms. The van der Waals surface area contributed by atoms with Gasteiger partial charge in [0.15, 0.2) is 11.6 Å². The quantitative estimate of drug-likeness (QED) is 0.499. The van der Waals surface area contributed by atoms with Gasteiger partial charge in [0, 0.05) is 17.8 Å². The fourth-order valence-electron chi connectivity index (χ4n) is 8.12. The minimum Gasteiger partial charge on any atom is -0.393 e. The normalized spacial score (nSPS) is 45.1. The predicted octanol–water partition coefficient (Wildman–Crippen LogP) is 2.95. The minimum atomic E-state index is -1.12. The lowest BCUT2D eigenvalue weighted by Crippen LogP contribution is -2.60. The first kappa shape index (κ1) is 25.0. The van der Waals surface area contributed by atoms with Gasteiger partial charge in [-0.1, -0.05) is 20.8 Å². The zero-order chi connectivity index (χ0) is 24.6. The first-order valence-electron chi connectivity index (χ1n) is 12.7. The smallest absolute Gasteiger partial charge is 0.162 e. The van der Waals surface area contributed by atoms with Gasteiger partial charge in [0.1, 0.15) is 6.10 Å². The van der Waals surface area contributed by atoms with E-state index in [9.17, 15) is 30.0 Å². The number of Topliss-reactive ketones (excluding diaryl/α,β-unsaturated/α-hetero) is 1. The molecule has 4 rings (SSSR count). The van der Waals surface area contributed by atoms with Crippen LogP contribution in [0.1, 0.15) is 86.0 Å². The summed E-state index contributed by atoms with van der Waals surface area (Å²) in [6.45, 7) is 9.67. The summed E-state index contributed by atoms with van der Waals surface area (Å²) >= 11 is 0. The van der Waals surface area contributed by atoms with Gasteiger partial charge in [-0.3, -0.25) is 9.59 Å². The van der Waals surface area contributed by atoms with Gasteiger partial charge in [0.25, 0.3) is 0 Å². The van der Waals surface area contributed by atoms with Crippen molar-refractivity contribution in [3.05, 3.63) is 11.6 Å². The number of ketones is 2. The third-order valence-electron chi connectivity index (χ3n) is 10.3. The summed E-state index contributed by atoms with van der Waals surface area (Å²) < 4.78 is 0. The summed E-state index contributed by atoms with van der Waals surface area (Å²) in [6.07, 6.45) is 4.30. The Morgan fingerprint density at radius 3 is 2.45 bits per heavy atom. The molecule has 4 aliphatic rings. The van der Waals surface area contributed by atoms with Crippen LogP contribution in [0, 0.1) is 34.5 Å². The Bertz CT molecular complexity index is 857. The van der Waals surface area contributed by atoms with Gasteiger partial charge in [0.2, 0.25) is 0 Å². The Kier molecular flexibility index (Phi) is 6.05. The number of allylic oxidation sites excluding steroid dienone is 1. The molecule has 3 fully saturated rings. The lowest BCUT2D eigenvalue weighted by molar-refractivity contribution is -0.154. The number of fused-ring (bicyclic) bond motifs is 5. The molecule has 0 spiro atoms. The number of aliphatic hydroxyl groups is 4. The highest BCUT2D eigenvalue weighted by Gasteiger charge is 2.67. The fraction of sp³-hybridized carbons (Fsp3) is 0.852. The summed E-state index contributed by atoms with van der Waals surface area (Å²) in [5.41, 5.74) is -2.15. The Morgan fingerprint density at radius 2 is 1.82 bits per heavy atom. The van der Waals surface area contributed by atoms with E-state index >= 15 is 0 Å². The molecule has 0 aromatic carbocycles. The summed E-state index contributed by atoms with van der Waals surface area (Å²) in [6, 6.07) is 0. The molecule has 3 saturated carbocycles. The van der Waals surface area contributed by atoms with Crippen LogP contribution in [-0.4, -0.2) is 55.4 Å². The van der Waals surface area contributed by atoms with Crippen LogP contribution in [-0.2, 0) is 9.59 Å². The van der Waals surface area contributed by atoms with E-state index in [4.69, 9.17) is 0 Å². The van der Waals surface area contributed by atoms with Gasteiger partial charge in [-0.25, -0.2) is 0 Å². The number of hydrogen-bond acceptors (Lipinski definition) is 6. The Balaban J connectivity index is 1.63. The van der Waals surface area contributed by atoms with Crippen molar-refractivity contribution in [1.29, 1.82) is 0 Å². The molecule has 186 valence electrons. The van der Waals surface area contributed by atoms with Crippen LogP contribution in [0.5, 0.6) is 0 Å². The van der Waals surface area contributed by atoms with Crippen LogP contribution in [0.25, 0.3) is 0 Å². The highest BCUT2D eigenvalue weighted by Crippen LogP contribution is 2.68. The summed E-state index contributed by atoms with van der Waals surface area (Å²) in [5.74, 6) is -0.745. The van der Waals surface area contributed by atoms with Crippen LogP contribution in [0.2, 0.25) is 0 Å². The van der Waals surface area contributed by atoms with E-state index in [-0.39, 0.29) is 42.2 Å². The van der Waals surface area contributed by atoms with E-state index in [1.807, 2.05) is 13.8 Å². The third kappa shape index (κ3) is 3.76. The maximum absolute atomic E-state index is 13.2. The summed E-state index contributed by atoms with van der Waals surface area (Å²) in [5, 5.41) is 43.6. The van der Waals surface area contributed by atoms with Crippen molar-refractivity contribution in [3.8, 4) is 0 Å². The number of carbonyl (C=O) groups excluding carboxylic acids is 2. The highest BCUT2D eigenvalue weighted by molar-refractivity contribution is 5.99. The molecular weight excluding hydrogens is 420 g/mol. The van der Waals surface area contributed by atoms with Gasteiger partial charge in [0.05, 0.1) is 17.3 Å². The average molecular weight is 463 g/mol. The molecule has 0 amide bonds. The molecule has 33 heavy (non-hydrogen) atoms. The first-order valence-corrected chi connectivity index (χ1v) is 12.7. The van der Waals surface area contributed by atoms with Gasteiger partial charge in [-0.15, -0.1) is 0 Å². The van der Waals surface area contributed by atoms with E-state index in [0.717, 1.165) is 24.8 Å². The SMILES string of the molecule is C[C@@H](C1CC[C@@]2(O)C3=CC(=O)[C@@H]4CC(=O)C(O)C[C@]4(C)C3CC[C@]12C)[C@H](O)CCC(C)(C)O. The summed E-state index contributed by atoms with van der Waals surface area (Å²) in [4.78, 5) is 25.4. The molecule has 0 aromatic rings. The second-order valence-electron chi connectivity index (χ2n) is 12.7. The van der Waals surface area contributed by atoms with Crippen LogP contribution < -0.4 is 0 Å². The van der Waals surface area contributed by atoms with Crippen molar-refractivity contribution in [2.45, 2.75) is 109 Å². The Hall–Kier alpha value is -1.08. The van der Waals surface area contributed by atoms with E-state index in [2.05, 4.69) is 6.92 Å². The molecule has 0 aromatic heterocycles.